The van der Waals surface area contributed by atoms with E-state index in [2.05, 4.69) is 15.5 Å². The summed E-state index contributed by atoms with van der Waals surface area (Å²) in [5.41, 5.74) is 1.77. The fourth-order valence-electron chi connectivity index (χ4n) is 2.10. The van der Waals surface area contributed by atoms with Crippen LogP contribution in [-0.4, -0.2) is 33.2 Å². The van der Waals surface area contributed by atoms with E-state index in [-0.39, 0.29) is 11.6 Å². The molecule has 0 fully saturated rings. The molecule has 0 aliphatic rings. The first-order valence-electron chi connectivity index (χ1n) is 7.17. The van der Waals surface area contributed by atoms with Gasteiger partial charge in [0.15, 0.2) is 0 Å². The lowest BCUT2D eigenvalue weighted by atomic mass is 9.99. The number of nitrogens with zero attached hydrogens (tertiary/aromatic N) is 1. The smallest absolute Gasteiger partial charge is 0.326 e. The monoisotopic (exact) mass is 301 g/mol. The third-order valence-electron chi connectivity index (χ3n) is 3.66. The van der Waals surface area contributed by atoms with Gasteiger partial charge in [0, 0.05) is 5.56 Å². The Bertz CT molecular complexity index is 652. The molecule has 1 amide bonds. The number of amides is 1. The molecule has 0 bridgehead atoms. The van der Waals surface area contributed by atoms with E-state index in [4.69, 9.17) is 0 Å². The van der Waals surface area contributed by atoms with Crippen molar-refractivity contribution in [3.05, 3.63) is 42.1 Å². The van der Waals surface area contributed by atoms with Crippen LogP contribution in [0.5, 0.6) is 0 Å². The Labute approximate surface area is 128 Å². The summed E-state index contributed by atoms with van der Waals surface area (Å²) in [7, 11) is 0. The van der Waals surface area contributed by atoms with Gasteiger partial charge in [-0.15, -0.1) is 0 Å². The molecular formula is C16H19N3O3. The summed E-state index contributed by atoms with van der Waals surface area (Å²) in [5, 5.41) is 18.5. The minimum atomic E-state index is -1.04. The van der Waals surface area contributed by atoms with Crippen LogP contribution in [0.25, 0.3) is 11.3 Å². The quantitative estimate of drug-likeness (QED) is 0.763. The topological polar surface area (TPSA) is 95.1 Å². The maximum absolute atomic E-state index is 12.2. The molecule has 2 atom stereocenters. The van der Waals surface area contributed by atoms with Crippen molar-refractivity contribution in [1.82, 2.24) is 15.5 Å². The predicted octanol–water partition coefficient (Wildman–Crippen LogP) is 2.31. The molecule has 1 aromatic heterocycles. The number of aliphatic carboxylic acids is 1. The number of aromatic amines is 1. The molecule has 0 saturated heterocycles. The first kappa shape index (κ1) is 15.8. The molecule has 0 aliphatic carbocycles. The van der Waals surface area contributed by atoms with Crippen LogP contribution in [0.15, 0.2) is 36.4 Å². The van der Waals surface area contributed by atoms with Crippen molar-refractivity contribution in [3.63, 3.8) is 0 Å². The first-order chi connectivity index (χ1) is 10.5. The fourth-order valence-corrected chi connectivity index (χ4v) is 2.10. The number of hydrogen-bond donors (Lipinski definition) is 3. The van der Waals surface area contributed by atoms with Gasteiger partial charge >= 0.3 is 5.97 Å². The number of carboxylic acid groups (broad SMARTS) is 1. The lowest BCUT2D eigenvalue weighted by Gasteiger charge is -2.19. The van der Waals surface area contributed by atoms with Gasteiger partial charge in [0.25, 0.3) is 5.91 Å². The van der Waals surface area contributed by atoms with E-state index < -0.39 is 17.9 Å². The molecule has 22 heavy (non-hydrogen) atoms. The van der Waals surface area contributed by atoms with Crippen molar-refractivity contribution < 1.29 is 14.7 Å². The summed E-state index contributed by atoms with van der Waals surface area (Å²) in [6, 6.07) is 10.1. The minimum absolute atomic E-state index is 0.155. The van der Waals surface area contributed by atoms with Gasteiger partial charge in [-0.25, -0.2) is 4.79 Å². The largest absolute Gasteiger partial charge is 0.480 e. The van der Waals surface area contributed by atoms with Crippen molar-refractivity contribution in [2.45, 2.75) is 26.3 Å². The Hall–Kier alpha value is -2.63. The molecule has 1 aromatic carbocycles. The van der Waals surface area contributed by atoms with Crippen LogP contribution in [0.1, 0.15) is 30.8 Å². The molecule has 116 valence electrons. The molecule has 0 radical (unpaired) electrons. The van der Waals surface area contributed by atoms with Crippen LogP contribution >= 0.6 is 0 Å². The number of carboxylic acids is 1. The Morgan fingerprint density at radius 3 is 2.59 bits per heavy atom. The van der Waals surface area contributed by atoms with Crippen molar-refractivity contribution in [3.8, 4) is 11.3 Å². The van der Waals surface area contributed by atoms with E-state index in [0.29, 0.717) is 12.1 Å². The second kappa shape index (κ2) is 6.89. The zero-order chi connectivity index (χ0) is 16.1. The molecule has 0 aliphatic heterocycles. The normalized spacial score (nSPS) is 13.4. The van der Waals surface area contributed by atoms with Gasteiger partial charge in [-0.05, 0) is 12.0 Å². The fraction of sp³-hybridized carbons (Fsp3) is 0.312. The molecule has 2 aromatic rings. The molecule has 0 spiro atoms. The number of benzene rings is 1. The first-order valence-corrected chi connectivity index (χ1v) is 7.17. The van der Waals surface area contributed by atoms with Crippen LogP contribution in [0.3, 0.4) is 0 Å². The van der Waals surface area contributed by atoms with Crippen LogP contribution in [-0.2, 0) is 4.79 Å². The molecule has 0 saturated carbocycles. The number of H-pyrrole nitrogens is 1. The molecule has 1 heterocycles. The van der Waals surface area contributed by atoms with Crippen molar-refractivity contribution in [2.75, 3.05) is 0 Å². The highest BCUT2D eigenvalue weighted by molar-refractivity contribution is 5.95. The molecule has 2 rings (SSSR count). The lowest BCUT2D eigenvalue weighted by Crippen LogP contribution is -2.45. The van der Waals surface area contributed by atoms with Gasteiger partial charge in [-0.1, -0.05) is 50.6 Å². The highest BCUT2D eigenvalue weighted by Crippen LogP contribution is 2.17. The van der Waals surface area contributed by atoms with E-state index in [1.54, 1.807) is 13.0 Å². The van der Waals surface area contributed by atoms with Crippen molar-refractivity contribution in [1.29, 1.82) is 0 Å². The summed E-state index contributed by atoms with van der Waals surface area (Å²) in [5.74, 6) is -1.66. The van der Waals surface area contributed by atoms with E-state index in [9.17, 15) is 14.7 Å². The molecular weight excluding hydrogens is 282 g/mol. The molecule has 6 nitrogen and oxygen atoms in total. The third kappa shape index (κ3) is 3.52. The number of nitrogens with one attached hydrogen (secondary N) is 2. The summed E-state index contributed by atoms with van der Waals surface area (Å²) >= 11 is 0. The van der Waals surface area contributed by atoms with E-state index in [1.807, 2.05) is 37.3 Å². The van der Waals surface area contributed by atoms with E-state index in [1.165, 1.54) is 0 Å². The van der Waals surface area contributed by atoms with Gasteiger partial charge in [0.2, 0.25) is 0 Å². The SMILES string of the molecule is CC[C@H](C)[C@H](NC(=O)c1cc(-c2ccccc2)n[nH]1)C(=O)O. The van der Waals surface area contributed by atoms with Crippen LogP contribution < -0.4 is 5.32 Å². The standard InChI is InChI=1S/C16H19N3O3/c1-3-10(2)14(16(21)22)17-15(20)13-9-12(18-19-13)11-7-5-4-6-8-11/h4-10,14H,3H2,1-2H3,(H,17,20)(H,18,19)(H,21,22)/t10-,14-/m0/s1. The summed E-state index contributed by atoms with van der Waals surface area (Å²) in [4.78, 5) is 23.4. The summed E-state index contributed by atoms with van der Waals surface area (Å²) in [6.07, 6.45) is 0.662. The highest BCUT2D eigenvalue weighted by Gasteiger charge is 2.26. The Morgan fingerprint density at radius 2 is 2.00 bits per heavy atom. The van der Waals surface area contributed by atoms with Gasteiger partial charge in [-0.3, -0.25) is 9.89 Å². The van der Waals surface area contributed by atoms with Crippen LogP contribution in [0.2, 0.25) is 0 Å². The number of hydrogen-bond acceptors (Lipinski definition) is 3. The maximum atomic E-state index is 12.2. The van der Waals surface area contributed by atoms with E-state index in [0.717, 1.165) is 5.56 Å². The average Bonchev–Trinajstić information content (AvgIpc) is 3.02. The number of carbonyl (C=O) groups excluding carboxylic acids is 1. The molecule has 0 unspecified atom stereocenters. The highest BCUT2D eigenvalue weighted by atomic mass is 16.4. The number of rotatable bonds is 6. The minimum Gasteiger partial charge on any atom is -0.480 e. The van der Waals surface area contributed by atoms with Gasteiger partial charge in [0.05, 0.1) is 5.69 Å². The second-order valence-corrected chi connectivity index (χ2v) is 5.21. The van der Waals surface area contributed by atoms with Gasteiger partial charge in [-0.2, -0.15) is 5.10 Å². The average molecular weight is 301 g/mol. The van der Waals surface area contributed by atoms with Gasteiger partial charge in [0.1, 0.15) is 11.7 Å². The second-order valence-electron chi connectivity index (χ2n) is 5.21. The Morgan fingerprint density at radius 1 is 1.32 bits per heavy atom. The number of aromatic nitrogens is 2. The number of carbonyl (C=O) groups is 2. The molecule has 6 heteroatoms. The van der Waals surface area contributed by atoms with Gasteiger partial charge < -0.3 is 10.4 Å². The van der Waals surface area contributed by atoms with Crippen molar-refractivity contribution in [2.24, 2.45) is 5.92 Å². The lowest BCUT2D eigenvalue weighted by molar-refractivity contribution is -0.140. The van der Waals surface area contributed by atoms with Crippen LogP contribution in [0, 0.1) is 5.92 Å². The maximum Gasteiger partial charge on any atom is 0.326 e. The zero-order valence-corrected chi connectivity index (χ0v) is 12.5. The summed E-state index contributed by atoms with van der Waals surface area (Å²) in [6.45, 7) is 3.68. The third-order valence-corrected chi connectivity index (χ3v) is 3.66. The zero-order valence-electron chi connectivity index (χ0n) is 12.5. The molecule has 3 N–H and O–H groups in total. The van der Waals surface area contributed by atoms with E-state index >= 15 is 0 Å². The summed E-state index contributed by atoms with van der Waals surface area (Å²) < 4.78 is 0. The Balaban J connectivity index is 2.13. The Kier molecular flexibility index (Phi) is 4.93. The van der Waals surface area contributed by atoms with Crippen molar-refractivity contribution >= 4 is 11.9 Å². The van der Waals surface area contributed by atoms with Crippen LogP contribution in [0.4, 0.5) is 0 Å². The predicted molar refractivity (Wildman–Crippen MR) is 82.4 cm³/mol.